The second kappa shape index (κ2) is 19.8. The third-order valence-electron chi connectivity index (χ3n) is 22.9. The van der Waals surface area contributed by atoms with Gasteiger partial charge in [0.2, 0.25) is 0 Å². The summed E-state index contributed by atoms with van der Waals surface area (Å²) in [5.41, 5.74) is 0. The SMILES string of the molecule is C1CCC(N(C2CCCCC2)C2CCC3CC(C4C5CCCCC5C(C5CCC6CCC(N(C7CCCCC7)C7CCCCC7)CC6C5)C5CCCCC54)CCC3C2)CC1. The van der Waals surface area contributed by atoms with E-state index in [-0.39, 0.29) is 0 Å². The van der Waals surface area contributed by atoms with Gasteiger partial charge in [0.15, 0.2) is 0 Å². The van der Waals surface area contributed by atoms with Gasteiger partial charge in [-0.05, 0) is 225 Å². The van der Waals surface area contributed by atoms with E-state index in [9.17, 15) is 0 Å². The molecule has 11 fully saturated rings. The maximum absolute atomic E-state index is 3.31. The third-order valence-corrected chi connectivity index (χ3v) is 22.9. The lowest BCUT2D eigenvalue weighted by molar-refractivity contribution is -0.126. The minimum atomic E-state index is 0.935. The van der Waals surface area contributed by atoms with Gasteiger partial charge in [-0.25, -0.2) is 0 Å². The van der Waals surface area contributed by atoms with Crippen molar-refractivity contribution in [1.29, 1.82) is 0 Å². The second-order valence-electron chi connectivity index (χ2n) is 25.6. The zero-order valence-electron chi connectivity index (χ0n) is 39.6. The van der Waals surface area contributed by atoms with Crippen molar-refractivity contribution in [2.75, 3.05) is 0 Å². The Labute approximate surface area is 372 Å². The van der Waals surface area contributed by atoms with E-state index in [1.165, 1.54) is 128 Å². The van der Waals surface area contributed by atoms with Crippen LogP contribution >= 0.6 is 0 Å². The number of hydrogen-bond acceptors (Lipinski definition) is 2. The summed E-state index contributed by atoms with van der Waals surface area (Å²) in [4.78, 5) is 6.59. The van der Waals surface area contributed by atoms with Crippen LogP contribution in [0, 0.1) is 71.0 Å². The molecule has 12 unspecified atom stereocenters. The molecule has 0 amide bonds. The highest BCUT2D eigenvalue weighted by atomic mass is 15.2. The highest BCUT2D eigenvalue weighted by Gasteiger charge is 2.57. The molecule has 0 spiro atoms. The molecule has 12 atom stereocenters. The summed E-state index contributed by atoms with van der Waals surface area (Å²) in [5, 5.41) is 0. The van der Waals surface area contributed by atoms with Crippen molar-refractivity contribution in [1.82, 2.24) is 9.80 Å². The molecule has 11 rings (SSSR count). The Kier molecular flexibility index (Phi) is 14.0. The molecule has 340 valence electrons. The van der Waals surface area contributed by atoms with Crippen LogP contribution < -0.4 is 0 Å². The molecule has 0 aliphatic heterocycles. The third kappa shape index (κ3) is 8.81. The Morgan fingerprint density at radius 3 is 0.883 bits per heavy atom. The van der Waals surface area contributed by atoms with Crippen LogP contribution in [-0.4, -0.2) is 46.1 Å². The fourth-order valence-corrected chi connectivity index (χ4v) is 20.7. The Morgan fingerprint density at radius 2 is 0.467 bits per heavy atom. The number of fused-ring (bicyclic) bond motifs is 4. The molecule has 11 saturated carbocycles. The first-order chi connectivity index (χ1) is 29.8. The van der Waals surface area contributed by atoms with E-state index in [4.69, 9.17) is 0 Å². The van der Waals surface area contributed by atoms with E-state index in [2.05, 4.69) is 9.80 Å². The fourth-order valence-electron chi connectivity index (χ4n) is 20.7. The fraction of sp³-hybridized carbons (Fsp3) is 1.00. The molecule has 2 heteroatoms. The monoisotopic (exact) mass is 823 g/mol. The lowest BCUT2D eigenvalue weighted by Gasteiger charge is -2.61. The van der Waals surface area contributed by atoms with E-state index >= 15 is 0 Å². The minimum absolute atomic E-state index is 0.935. The summed E-state index contributed by atoms with van der Waals surface area (Å²) in [5.74, 6) is 13.1. The van der Waals surface area contributed by atoms with Crippen molar-refractivity contribution in [3.8, 4) is 0 Å². The Bertz CT molecular complexity index is 1260. The van der Waals surface area contributed by atoms with Crippen LogP contribution in [-0.2, 0) is 0 Å². The van der Waals surface area contributed by atoms with E-state index in [1.807, 2.05) is 0 Å². The summed E-state index contributed by atoms with van der Waals surface area (Å²) in [6.45, 7) is 0. The van der Waals surface area contributed by atoms with Gasteiger partial charge >= 0.3 is 0 Å². The van der Waals surface area contributed by atoms with E-state index in [1.54, 1.807) is 128 Å². The summed E-state index contributed by atoms with van der Waals surface area (Å²) >= 11 is 0. The maximum atomic E-state index is 3.31. The van der Waals surface area contributed by atoms with Crippen molar-refractivity contribution in [2.24, 2.45) is 71.0 Å². The van der Waals surface area contributed by atoms with Crippen LogP contribution in [0.1, 0.15) is 257 Å². The topological polar surface area (TPSA) is 6.48 Å². The van der Waals surface area contributed by atoms with Crippen LogP contribution in [0.3, 0.4) is 0 Å². The van der Waals surface area contributed by atoms with Crippen LogP contribution in [0.15, 0.2) is 0 Å². The van der Waals surface area contributed by atoms with Crippen molar-refractivity contribution in [3.05, 3.63) is 0 Å². The predicted molar refractivity (Wildman–Crippen MR) is 253 cm³/mol. The van der Waals surface area contributed by atoms with E-state index in [0.29, 0.717) is 0 Å². The van der Waals surface area contributed by atoms with Gasteiger partial charge in [-0.2, -0.15) is 0 Å². The van der Waals surface area contributed by atoms with Gasteiger partial charge in [0.1, 0.15) is 0 Å². The molecule has 11 aliphatic rings. The average molecular weight is 823 g/mol. The van der Waals surface area contributed by atoms with Gasteiger partial charge in [-0.1, -0.05) is 103 Å². The first-order valence-corrected chi connectivity index (χ1v) is 29.3. The largest absolute Gasteiger partial charge is 0.294 e. The molecule has 0 aromatic heterocycles. The molecule has 0 radical (unpaired) electrons. The van der Waals surface area contributed by atoms with Crippen LogP contribution in [0.4, 0.5) is 0 Å². The van der Waals surface area contributed by atoms with Crippen molar-refractivity contribution < 1.29 is 0 Å². The molecule has 2 nitrogen and oxygen atoms in total. The predicted octanol–water partition coefficient (Wildman–Crippen LogP) is 15.9. The lowest BCUT2D eigenvalue weighted by atomic mass is 9.44. The zero-order valence-corrected chi connectivity index (χ0v) is 39.6. The summed E-state index contributed by atoms with van der Waals surface area (Å²) < 4.78 is 0. The van der Waals surface area contributed by atoms with Gasteiger partial charge in [-0.3, -0.25) is 9.80 Å². The maximum Gasteiger partial charge on any atom is 0.0104 e. The average Bonchev–Trinajstić information content (AvgIpc) is 3.32. The zero-order chi connectivity index (χ0) is 39.8. The molecular weight excluding hydrogens is 725 g/mol. The minimum Gasteiger partial charge on any atom is -0.294 e. The Hall–Kier alpha value is -0.0800. The quantitative estimate of drug-likeness (QED) is 0.241. The Morgan fingerprint density at radius 1 is 0.183 bits per heavy atom. The number of hydrogen-bond donors (Lipinski definition) is 0. The van der Waals surface area contributed by atoms with Crippen LogP contribution in [0.25, 0.3) is 0 Å². The molecule has 60 heavy (non-hydrogen) atoms. The van der Waals surface area contributed by atoms with Gasteiger partial charge in [0, 0.05) is 36.3 Å². The van der Waals surface area contributed by atoms with E-state index in [0.717, 1.165) is 107 Å². The summed E-state index contributed by atoms with van der Waals surface area (Å²) in [7, 11) is 0. The lowest BCUT2D eigenvalue weighted by Crippen LogP contribution is -2.56. The highest BCUT2D eigenvalue weighted by Crippen LogP contribution is 2.64. The van der Waals surface area contributed by atoms with Crippen LogP contribution in [0.5, 0.6) is 0 Å². The summed E-state index contributed by atoms with van der Waals surface area (Å²) in [6, 6.07) is 5.62. The Balaban J connectivity index is 0.779. The van der Waals surface area contributed by atoms with Gasteiger partial charge in [0.25, 0.3) is 0 Å². The summed E-state index contributed by atoms with van der Waals surface area (Å²) in [6.07, 6.45) is 62.6. The molecule has 0 bridgehead atoms. The number of rotatable bonds is 8. The molecular formula is C58H98N2. The van der Waals surface area contributed by atoms with Gasteiger partial charge in [-0.15, -0.1) is 0 Å². The first-order valence-electron chi connectivity index (χ1n) is 29.3. The number of nitrogens with zero attached hydrogens (tertiary/aromatic N) is 2. The van der Waals surface area contributed by atoms with Crippen molar-refractivity contribution in [3.63, 3.8) is 0 Å². The molecule has 0 aromatic rings. The van der Waals surface area contributed by atoms with Gasteiger partial charge < -0.3 is 0 Å². The van der Waals surface area contributed by atoms with Crippen LogP contribution in [0.2, 0.25) is 0 Å². The highest BCUT2D eigenvalue weighted by molar-refractivity contribution is 5.06. The van der Waals surface area contributed by atoms with Crippen molar-refractivity contribution >= 4 is 0 Å². The normalized spacial score (nSPS) is 45.7. The molecule has 0 saturated heterocycles. The van der Waals surface area contributed by atoms with Crippen molar-refractivity contribution in [2.45, 2.75) is 293 Å². The van der Waals surface area contributed by atoms with E-state index < -0.39 is 0 Å². The molecule has 0 heterocycles. The molecule has 0 N–H and O–H groups in total. The first kappa shape index (κ1) is 42.5. The molecule has 0 aromatic carbocycles. The molecule has 11 aliphatic carbocycles. The standard InChI is InChI=1S/C58H98N2/c1-5-17-47(18-6-1)59(48-19-7-2-8-20-48)51-36-34-42-37-44(32-30-43(42)39-51)57-53-25-13-15-27-55(53)58(56-28-16-14-26-54(56)57)45-31-29-41-33-35-52(40-46(41)38-45)60(49-21-9-3-10-22-49)50-23-11-4-12-24-50/h41-58H,1-40H2. The van der Waals surface area contributed by atoms with Gasteiger partial charge in [0.05, 0.1) is 0 Å². The smallest absolute Gasteiger partial charge is 0.0104 e. The second-order valence-corrected chi connectivity index (χ2v) is 25.6.